The molecule has 1 N–H and O–H groups in total. The molecule has 2 aromatic rings. The van der Waals surface area contributed by atoms with Crippen molar-refractivity contribution in [2.24, 2.45) is 5.92 Å². The van der Waals surface area contributed by atoms with Crippen LogP contribution in [-0.2, 0) is 17.6 Å². The molecule has 2 aromatic carbocycles. The molecule has 29 heavy (non-hydrogen) atoms. The molecule has 0 atom stereocenters. The van der Waals surface area contributed by atoms with Crippen molar-refractivity contribution in [3.63, 3.8) is 0 Å². The molecule has 154 valence electrons. The van der Waals surface area contributed by atoms with Gasteiger partial charge in [0, 0.05) is 30.3 Å². The monoisotopic (exact) mass is 394 g/mol. The molecule has 5 heteroatoms. The largest absolute Gasteiger partial charge is 0.497 e. The molecule has 0 radical (unpaired) electrons. The molecule has 0 aliphatic carbocycles. The number of ether oxygens (including phenoxy) is 1. The van der Waals surface area contributed by atoms with Crippen LogP contribution in [0.1, 0.15) is 48.2 Å². The van der Waals surface area contributed by atoms with Crippen molar-refractivity contribution in [3.05, 3.63) is 59.2 Å². The summed E-state index contributed by atoms with van der Waals surface area (Å²) in [5.41, 5.74) is 3.93. The first-order chi connectivity index (χ1) is 14.1. The highest BCUT2D eigenvalue weighted by Crippen LogP contribution is 2.26. The second kappa shape index (κ2) is 9.59. The number of piperidine rings is 1. The molecular weight excluding hydrogens is 364 g/mol. The lowest BCUT2D eigenvalue weighted by atomic mass is 9.94. The molecule has 3 rings (SSSR count). The van der Waals surface area contributed by atoms with Crippen LogP contribution < -0.4 is 10.1 Å². The third-order valence-corrected chi connectivity index (χ3v) is 5.72. The van der Waals surface area contributed by atoms with Gasteiger partial charge in [0.15, 0.2) is 0 Å². The molecule has 0 unspecified atom stereocenters. The summed E-state index contributed by atoms with van der Waals surface area (Å²) >= 11 is 0. The van der Waals surface area contributed by atoms with Crippen LogP contribution in [0.25, 0.3) is 0 Å². The fourth-order valence-corrected chi connectivity index (χ4v) is 3.91. The van der Waals surface area contributed by atoms with E-state index < -0.39 is 0 Å². The summed E-state index contributed by atoms with van der Waals surface area (Å²) in [6.07, 6.45) is 3.13. The van der Waals surface area contributed by atoms with Gasteiger partial charge in [0.2, 0.25) is 5.91 Å². The summed E-state index contributed by atoms with van der Waals surface area (Å²) in [6.45, 7) is 5.38. The van der Waals surface area contributed by atoms with Crippen LogP contribution in [0, 0.1) is 5.92 Å². The van der Waals surface area contributed by atoms with Gasteiger partial charge in [-0.15, -0.1) is 0 Å². The number of carbonyl (C=O) groups is 2. The lowest BCUT2D eigenvalue weighted by Gasteiger charge is -2.31. The highest BCUT2D eigenvalue weighted by molar-refractivity contribution is 5.96. The zero-order valence-corrected chi connectivity index (χ0v) is 17.5. The Hall–Kier alpha value is -2.82. The molecule has 0 bridgehead atoms. The Balaban J connectivity index is 1.62. The first-order valence-electron chi connectivity index (χ1n) is 10.4. The van der Waals surface area contributed by atoms with Crippen LogP contribution in [0.2, 0.25) is 0 Å². The van der Waals surface area contributed by atoms with E-state index in [1.807, 2.05) is 17.0 Å². The number of nitrogens with one attached hydrogen (secondary N) is 1. The lowest BCUT2D eigenvalue weighted by molar-refractivity contribution is -0.121. The van der Waals surface area contributed by atoms with Gasteiger partial charge < -0.3 is 15.0 Å². The Morgan fingerprint density at radius 3 is 2.24 bits per heavy atom. The Kier molecular flexibility index (Phi) is 6.91. The van der Waals surface area contributed by atoms with Gasteiger partial charge in [-0.3, -0.25) is 9.59 Å². The topological polar surface area (TPSA) is 58.6 Å². The lowest BCUT2D eigenvalue weighted by Crippen LogP contribution is -2.41. The van der Waals surface area contributed by atoms with E-state index in [1.165, 1.54) is 11.1 Å². The van der Waals surface area contributed by atoms with Gasteiger partial charge in [0.25, 0.3) is 5.91 Å². The number of methoxy groups -OCH3 is 1. The molecular formula is C24H30N2O3. The summed E-state index contributed by atoms with van der Waals surface area (Å²) in [5, 5.41) is 3.18. The summed E-state index contributed by atoms with van der Waals surface area (Å²) in [4.78, 5) is 27.5. The summed E-state index contributed by atoms with van der Waals surface area (Å²) in [6, 6.07) is 13.4. The maximum atomic E-state index is 12.9. The van der Waals surface area contributed by atoms with Crippen LogP contribution in [0.3, 0.4) is 0 Å². The van der Waals surface area contributed by atoms with Crippen molar-refractivity contribution in [1.29, 1.82) is 0 Å². The van der Waals surface area contributed by atoms with E-state index in [0.717, 1.165) is 18.5 Å². The fraction of sp³-hybridized carbons (Fsp3) is 0.417. The number of hydrogen-bond acceptors (Lipinski definition) is 3. The summed E-state index contributed by atoms with van der Waals surface area (Å²) < 4.78 is 5.21. The maximum absolute atomic E-state index is 12.9. The number of nitrogens with zero attached hydrogens (tertiary/aromatic N) is 1. The van der Waals surface area contributed by atoms with Crippen LogP contribution in [0.5, 0.6) is 5.75 Å². The molecule has 2 amide bonds. The first kappa shape index (κ1) is 20.9. The van der Waals surface area contributed by atoms with Crippen molar-refractivity contribution in [2.45, 2.75) is 39.5 Å². The average molecular weight is 395 g/mol. The predicted molar refractivity (Wildman–Crippen MR) is 115 cm³/mol. The second-order valence-electron chi connectivity index (χ2n) is 7.45. The van der Waals surface area contributed by atoms with Gasteiger partial charge in [-0.25, -0.2) is 0 Å². The highest BCUT2D eigenvalue weighted by Gasteiger charge is 2.28. The molecule has 0 spiro atoms. The normalized spacial score (nSPS) is 14.5. The van der Waals surface area contributed by atoms with Gasteiger partial charge >= 0.3 is 0 Å². The van der Waals surface area contributed by atoms with Crippen LogP contribution in [0.4, 0.5) is 5.69 Å². The van der Waals surface area contributed by atoms with Gasteiger partial charge in [0.05, 0.1) is 7.11 Å². The molecule has 5 nitrogen and oxygen atoms in total. The molecule has 1 aliphatic heterocycles. The number of hydrogen-bond donors (Lipinski definition) is 1. The highest BCUT2D eigenvalue weighted by atomic mass is 16.5. The molecule has 0 aromatic heterocycles. The number of benzene rings is 2. The number of anilines is 1. The minimum absolute atomic E-state index is 0.00708. The number of carbonyl (C=O) groups excluding carboxylic acids is 2. The molecule has 1 saturated heterocycles. The van der Waals surface area contributed by atoms with Crippen molar-refractivity contribution in [3.8, 4) is 5.75 Å². The van der Waals surface area contributed by atoms with E-state index in [-0.39, 0.29) is 17.7 Å². The van der Waals surface area contributed by atoms with Crippen molar-refractivity contribution < 1.29 is 14.3 Å². The van der Waals surface area contributed by atoms with Gasteiger partial charge in [-0.05, 0) is 55.0 Å². The summed E-state index contributed by atoms with van der Waals surface area (Å²) in [7, 11) is 1.59. The number of likely N-dealkylation sites (tertiary alicyclic amines) is 1. The third kappa shape index (κ3) is 4.78. The minimum Gasteiger partial charge on any atom is -0.497 e. The second-order valence-corrected chi connectivity index (χ2v) is 7.45. The predicted octanol–water partition coefficient (Wildman–Crippen LogP) is 4.31. The van der Waals surface area contributed by atoms with E-state index in [4.69, 9.17) is 4.74 Å². The Bertz CT molecular complexity index is 848. The molecule has 1 heterocycles. The van der Waals surface area contributed by atoms with Crippen molar-refractivity contribution >= 4 is 17.5 Å². The molecule has 1 fully saturated rings. The van der Waals surface area contributed by atoms with Crippen LogP contribution >= 0.6 is 0 Å². The number of rotatable bonds is 6. The van der Waals surface area contributed by atoms with Crippen molar-refractivity contribution in [2.75, 3.05) is 25.5 Å². The Morgan fingerprint density at radius 1 is 1.03 bits per heavy atom. The van der Waals surface area contributed by atoms with Gasteiger partial charge in [0.1, 0.15) is 5.75 Å². The number of para-hydroxylation sites is 1. The number of aryl methyl sites for hydroxylation is 2. The minimum atomic E-state index is -0.0704. The maximum Gasteiger partial charge on any atom is 0.253 e. The van der Waals surface area contributed by atoms with E-state index in [9.17, 15) is 9.59 Å². The van der Waals surface area contributed by atoms with Crippen molar-refractivity contribution in [1.82, 2.24) is 4.90 Å². The van der Waals surface area contributed by atoms with Crippen LogP contribution in [0.15, 0.2) is 42.5 Å². The smallest absolute Gasteiger partial charge is 0.253 e. The zero-order valence-electron chi connectivity index (χ0n) is 17.5. The van der Waals surface area contributed by atoms with Crippen LogP contribution in [-0.4, -0.2) is 36.9 Å². The number of amides is 2. The third-order valence-electron chi connectivity index (χ3n) is 5.72. The SMILES string of the molecule is CCc1cccc(CC)c1NC(=O)C1CCN(C(=O)c2cccc(OC)c2)CC1. The Morgan fingerprint density at radius 2 is 1.66 bits per heavy atom. The molecule has 1 aliphatic rings. The van der Waals surface area contributed by atoms with E-state index in [2.05, 4.69) is 37.4 Å². The summed E-state index contributed by atoms with van der Waals surface area (Å²) in [5.74, 6) is 0.659. The zero-order chi connectivity index (χ0) is 20.8. The van der Waals surface area contributed by atoms with E-state index in [1.54, 1.807) is 19.2 Å². The first-order valence-corrected chi connectivity index (χ1v) is 10.4. The average Bonchev–Trinajstić information content (AvgIpc) is 2.78. The fourth-order valence-electron chi connectivity index (χ4n) is 3.91. The molecule has 0 saturated carbocycles. The van der Waals surface area contributed by atoms with E-state index >= 15 is 0 Å². The Labute approximate surface area is 173 Å². The standard InChI is InChI=1S/C24H30N2O3/c1-4-17-8-6-9-18(5-2)22(17)25-23(27)19-12-14-26(15-13-19)24(28)20-10-7-11-21(16-20)29-3/h6-11,16,19H,4-5,12-15H2,1-3H3,(H,25,27). The van der Waals surface area contributed by atoms with Gasteiger partial charge in [-0.1, -0.05) is 38.1 Å². The van der Waals surface area contributed by atoms with Gasteiger partial charge in [-0.2, -0.15) is 0 Å². The quantitative estimate of drug-likeness (QED) is 0.794. The van der Waals surface area contributed by atoms with E-state index in [0.29, 0.717) is 37.2 Å².